The Kier molecular flexibility index (Phi) is 15.8. The van der Waals surface area contributed by atoms with Crippen molar-refractivity contribution in [2.24, 2.45) is 0 Å². The van der Waals surface area contributed by atoms with Gasteiger partial charge in [0.25, 0.3) is 0 Å². The van der Waals surface area contributed by atoms with Crippen LogP contribution in [0.4, 0.5) is 21.0 Å². The highest BCUT2D eigenvalue weighted by Crippen LogP contribution is 2.42. The highest BCUT2D eigenvalue weighted by Gasteiger charge is 2.50. The highest BCUT2D eigenvalue weighted by atomic mass is 16.2. The predicted molar refractivity (Wildman–Crippen MR) is 277 cm³/mol. The van der Waals surface area contributed by atoms with E-state index in [9.17, 15) is 38.4 Å². The number of nitrogens with one attached hydrogen (secondary N) is 8. The van der Waals surface area contributed by atoms with E-state index in [-0.39, 0.29) is 74.0 Å². The van der Waals surface area contributed by atoms with Crippen molar-refractivity contribution in [1.82, 2.24) is 51.5 Å². The van der Waals surface area contributed by atoms with Crippen molar-refractivity contribution < 1.29 is 38.4 Å². The first-order valence-electron chi connectivity index (χ1n) is 26.2. The molecule has 0 aromatic heterocycles. The van der Waals surface area contributed by atoms with Crippen molar-refractivity contribution in [2.75, 3.05) is 50.9 Å². The monoisotopic (exact) mass is 1010 g/mol. The van der Waals surface area contributed by atoms with Gasteiger partial charge in [0.1, 0.15) is 24.2 Å². The fraction of sp³-hybridized carbons (Fsp3) is 0.519. The summed E-state index contributed by atoms with van der Waals surface area (Å²) in [5, 5.41) is 23.7. The van der Waals surface area contributed by atoms with E-state index in [1.807, 2.05) is 36.4 Å². The molecule has 20 nitrogen and oxygen atoms in total. The second kappa shape index (κ2) is 22.6. The number of nitrogens with zero attached hydrogens (tertiary/aromatic N) is 4. The Bertz CT molecular complexity index is 2400. The number of amides is 10. The molecule has 6 aliphatic rings. The van der Waals surface area contributed by atoms with E-state index in [1.54, 1.807) is 62.0 Å². The lowest BCUT2D eigenvalue weighted by Gasteiger charge is -2.39. The maximum atomic E-state index is 14.5. The number of carbonyl (C=O) groups is 8. The van der Waals surface area contributed by atoms with Crippen LogP contribution in [0.2, 0.25) is 0 Å². The van der Waals surface area contributed by atoms with Crippen LogP contribution in [0.5, 0.6) is 0 Å². The number of anilines is 2. The molecule has 6 fully saturated rings. The number of likely N-dealkylation sites (N-methyl/N-ethyl adjacent to an activating group) is 2. The summed E-state index contributed by atoms with van der Waals surface area (Å²) in [5.74, 6) is -1.65. The standard InChI is InChI=1S/C54H70N12O8/c1-31(55-3)47(67)61-43-29-63(25-23-37-19-21-45(65(37)51(43)71)49(69)59-41-27-39(41)33-11-7-5-8-12-33)53(73)57-35-15-17-36(18-16-35)58-54(74)64-26-24-38-20-22-46(50(70)60-42-28-40(42)34-13-9-6-10-14-34)66(38)52(72)44(30-64)62-48(68)32(2)56-4/h5-18,31-32,37-46,55-56H,19-30H2,1-4H3,(H,57,73)(H,58,74)(H,59,69)(H,60,70)(H,61,67)(H,62,68)/t31-,32-,37+,38+,39+,40+,41+,42+,43-,44?,45-,46-/m0/s1. The number of carbonyl (C=O) groups excluding carboxylic acids is 8. The fourth-order valence-corrected chi connectivity index (χ4v) is 11.1. The van der Waals surface area contributed by atoms with E-state index < -0.39 is 71.9 Å². The van der Waals surface area contributed by atoms with Crippen LogP contribution in [0.15, 0.2) is 84.9 Å². The minimum absolute atomic E-state index is 0.0155. The van der Waals surface area contributed by atoms with Crippen LogP contribution in [0.25, 0.3) is 0 Å². The van der Waals surface area contributed by atoms with Gasteiger partial charge < -0.3 is 62.1 Å². The Morgan fingerprint density at radius 3 is 1.24 bits per heavy atom. The average molecular weight is 1020 g/mol. The molecule has 4 aliphatic heterocycles. The molecule has 4 heterocycles. The number of rotatable bonds is 14. The summed E-state index contributed by atoms with van der Waals surface area (Å²) in [6.07, 6.45) is 4.59. The van der Waals surface area contributed by atoms with E-state index in [0.717, 1.165) is 24.0 Å². The van der Waals surface area contributed by atoms with Gasteiger partial charge in [0, 0.05) is 60.5 Å². The van der Waals surface area contributed by atoms with E-state index in [2.05, 4.69) is 66.8 Å². The van der Waals surface area contributed by atoms with Crippen molar-refractivity contribution in [2.45, 2.75) is 137 Å². The zero-order valence-corrected chi connectivity index (χ0v) is 42.6. The number of urea groups is 2. The molecule has 74 heavy (non-hydrogen) atoms. The van der Waals surface area contributed by atoms with Crippen LogP contribution < -0.4 is 42.5 Å². The van der Waals surface area contributed by atoms with E-state index in [4.69, 9.17) is 0 Å². The Morgan fingerprint density at radius 2 is 0.878 bits per heavy atom. The van der Waals surface area contributed by atoms with Crippen LogP contribution in [0.3, 0.4) is 0 Å². The predicted octanol–water partition coefficient (Wildman–Crippen LogP) is 2.41. The maximum absolute atomic E-state index is 14.5. The van der Waals surface area contributed by atoms with E-state index in [0.29, 0.717) is 49.9 Å². The van der Waals surface area contributed by atoms with Crippen molar-refractivity contribution in [3.05, 3.63) is 96.1 Å². The second-order valence-electron chi connectivity index (χ2n) is 20.8. The topological polar surface area (TPSA) is 246 Å². The largest absolute Gasteiger partial charge is 0.351 e. The molecule has 3 aromatic rings. The Hall–Kier alpha value is -7.06. The molecule has 1 unspecified atom stereocenters. The molecule has 12 atom stereocenters. The molecule has 3 aromatic carbocycles. The van der Waals surface area contributed by atoms with Crippen molar-refractivity contribution in [1.29, 1.82) is 0 Å². The fourth-order valence-electron chi connectivity index (χ4n) is 11.1. The van der Waals surface area contributed by atoms with Crippen molar-refractivity contribution in [3.8, 4) is 0 Å². The molecule has 0 bridgehead atoms. The Morgan fingerprint density at radius 1 is 0.500 bits per heavy atom. The normalized spacial score (nSPS) is 28.2. The van der Waals surface area contributed by atoms with Crippen LogP contribution >= 0.6 is 0 Å². The summed E-state index contributed by atoms with van der Waals surface area (Å²) in [4.78, 5) is 117. The van der Waals surface area contributed by atoms with E-state index in [1.165, 1.54) is 9.80 Å². The summed E-state index contributed by atoms with van der Waals surface area (Å²) in [5.41, 5.74) is 3.14. The van der Waals surface area contributed by atoms with Gasteiger partial charge in [-0.25, -0.2) is 9.59 Å². The molecule has 10 amide bonds. The average Bonchev–Trinajstić information content (AvgIpc) is 4.27. The van der Waals surface area contributed by atoms with Gasteiger partial charge in [-0.05, 0) is 115 Å². The molecule has 8 N–H and O–H groups in total. The number of hydrogen-bond donors (Lipinski definition) is 8. The van der Waals surface area contributed by atoms with Crippen LogP contribution in [0, 0.1) is 0 Å². The molecule has 0 spiro atoms. The zero-order chi connectivity index (χ0) is 52.2. The zero-order valence-electron chi connectivity index (χ0n) is 42.6. The maximum Gasteiger partial charge on any atom is 0.321 e. The lowest BCUT2D eigenvalue weighted by Crippen LogP contribution is -2.62. The van der Waals surface area contributed by atoms with Gasteiger partial charge in [-0.3, -0.25) is 28.8 Å². The SMILES string of the molecule is CN[C@@H](C)C(=O)NC1CN(C(=O)Nc2ccc(NC(=O)N3CC[C@H]4CC[C@@H](C(=O)N[C@@H]5C[C@@H]5c5ccccc5)N4C(=O)[C@@H](NC(=O)[C@H](C)NC)C3)cc2)CC[C@H]2CC[C@@H](C(=O)N[C@@H]3C[C@@H]3c3ccccc3)N2C1=O. The van der Waals surface area contributed by atoms with Gasteiger partial charge in [-0.1, -0.05) is 60.7 Å². The van der Waals surface area contributed by atoms with Crippen molar-refractivity contribution in [3.63, 3.8) is 0 Å². The minimum Gasteiger partial charge on any atom is -0.351 e. The molecule has 4 saturated heterocycles. The van der Waals surface area contributed by atoms with Gasteiger partial charge in [0.15, 0.2) is 0 Å². The smallest absolute Gasteiger partial charge is 0.321 e. The molecule has 394 valence electrons. The van der Waals surface area contributed by atoms with Crippen LogP contribution in [-0.2, 0) is 28.8 Å². The minimum atomic E-state index is -1.12. The summed E-state index contributed by atoms with van der Waals surface area (Å²) in [7, 11) is 3.27. The molecule has 20 heteroatoms. The number of hydrogen-bond acceptors (Lipinski definition) is 10. The van der Waals surface area contributed by atoms with Gasteiger partial charge in [0.05, 0.1) is 25.2 Å². The van der Waals surface area contributed by atoms with Gasteiger partial charge in [-0.2, -0.15) is 0 Å². The molecule has 0 radical (unpaired) electrons. The van der Waals surface area contributed by atoms with Gasteiger partial charge >= 0.3 is 12.1 Å². The second-order valence-corrected chi connectivity index (χ2v) is 20.8. The van der Waals surface area contributed by atoms with Crippen LogP contribution in [0.1, 0.15) is 88.2 Å². The number of benzene rings is 3. The first-order chi connectivity index (χ1) is 35.7. The number of fused-ring (bicyclic) bond motifs is 2. The van der Waals surface area contributed by atoms with Crippen molar-refractivity contribution >= 4 is 58.9 Å². The summed E-state index contributed by atoms with van der Waals surface area (Å²) < 4.78 is 0. The van der Waals surface area contributed by atoms with Gasteiger partial charge in [-0.15, -0.1) is 0 Å². The Balaban J connectivity index is 0.822. The molecule has 2 aliphatic carbocycles. The lowest BCUT2D eigenvalue weighted by molar-refractivity contribution is -0.144. The van der Waals surface area contributed by atoms with Gasteiger partial charge in [0.2, 0.25) is 35.4 Å². The third kappa shape index (κ3) is 11.7. The summed E-state index contributed by atoms with van der Waals surface area (Å²) >= 11 is 0. The molecular weight excluding hydrogens is 945 g/mol. The molecular formula is C54H70N12O8. The summed E-state index contributed by atoms with van der Waals surface area (Å²) in [6, 6.07) is 20.0. The Labute approximate surface area is 431 Å². The lowest BCUT2D eigenvalue weighted by atomic mass is 10.1. The molecule has 2 saturated carbocycles. The first-order valence-corrected chi connectivity index (χ1v) is 26.2. The van der Waals surface area contributed by atoms with Crippen LogP contribution in [-0.4, -0.2) is 168 Å². The van der Waals surface area contributed by atoms with E-state index >= 15 is 0 Å². The highest BCUT2D eigenvalue weighted by molar-refractivity contribution is 5.97. The quantitative estimate of drug-likeness (QED) is 0.117. The third-order valence-corrected chi connectivity index (χ3v) is 15.9. The molecule has 9 rings (SSSR count). The first kappa shape index (κ1) is 51.8. The third-order valence-electron chi connectivity index (χ3n) is 15.9. The summed E-state index contributed by atoms with van der Waals surface area (Å²) in [6.45, 7) is 3.59.